The summed E-state index contributed by atoms with van der Waals surface area (Å²) in [6.45, 7) is 6.47. The van der Waals surface area contributed by atoms with Crippen LogP contribution >= 0.6 is 0 Å². The van der Waals surface area contributed by atoms with Gasteiger partial charge in [0.05, 0.1) is 11.0 Å². The Morgan fingerprint density at radius 1 is 1.30 bits per heavy atom. The van der Waals surface area contributed by atoms with E-state index in [1.807, 2.05) is 46.0 Å². The number of nitrogens with zero attached hydrogens (tertiary/aromatic N) is 2. The second-order valence-electron chi connectivity index (χ2n) is 6.19. The number of aromatic nitrogens is 2. The zero-order valence-electron chi connectivity index (χ0n) is 12.7. The first-order valence-electron chi connectivity index (χ1n) is 7.08. The maximum atomic E-state index is 11.8. The van der Waals surface area contributed by atoms with Gasteiger partial charge in [0.1, 0.15) is 5.82 Å². The molecule has 4 heteroatoms. The number of hydrogen-bond donors (Lipinski definition) is 1. The van der Waals surface area contributed by atoms with Gasteiger partial charge in [-0.25, -0.2) is 4.98 Å². The molecule has 1 heterocycles. The molecule has 0 saturated carbocycles. The summed E-state index contributed by atoms with van der Waals surface area (Å²) in [7, 11) is 2.04. The molecule has 1 N–H and O–H groups in total. The number of rotatable bonds is 4. The third-order valence-corrected chi connectivity index (χ3v) is 3.42. The van der Waals surface area contributed by atoms with Crippen LogP contribution in [0.15, 0.2) is 24.3 Å². The third-order valence-electron chi connectivity index (χ3n) is 3.42. The van der Waals surface area contributed by atoms with E-state index in [4.69, 9.17) is 0 Å². The van der Waals surface area contributed by atoms with Gasteiger partial charge >= 0.3 is 0 Å². The fourth-order valence-corrected chi connectivity index (χ4v) is 2.13. The van der Waals surface area contributed by atoms with Crippen molar-refractivity contribution < 1.29 is 4.79 Å². The van der Waals surface area contributed by atoms with Crippen molar-refractivity contribution in [3.63, 3.8) is 0 Å². The van der Waals surface area contributed by atoms with Gasteiger partial charge in [0.25, 0.3) is 0 Å². The second kappa shape index (κ2) is 5.65. The van der Waals surface area contributed by atoms with Gasteiger partial charge in [0.2, 0.25) is 5.91 Å². The van der Waals surface area contributed by atoms with Crippen molar-refractivity contribution in [2.24, 2.45) is 12.5 Å². The number of carbonyl (C=O) groups is 1. The summed E-state index contributed by atoms with van der Waals surface area (Å²) >= 11 is 0. The lowest BCUT2D eigenvalue weighted by atomic mass is 9.96. The van der Waals surface area contributed by atoms with Crippen LogP contribution in [0.25, 0.3) is 11.0 Å². The van der Waals surface area contributed by atoms with Crippen LogP contribution in [-0.4, -0.2) is 22.0 Å². The van der Waals surface area contributed by atoms with E-state index < -0.39 is 0 Å². The topological polar surface area (TPSA) is 46.9 Å². The number of para-hydroxylation sites is 2. The quantitative estimate of drug-likeness (QED) is 0.871. The normalized spacial score (nSPS) is 11.8. The number of carbonyl (C=O) groups excluding carboxylic acids is 1. The first kappa shape index (κ1) is 14.6. The van der Waals surface area contributed by atoms with Crippen molar-refractivity contribution in [3.8, 4) is 0 Å². The summed E-state index contributed by atoms with van der Waals surface area (Å²) in [5.41, 5.74) is 1.86. The van der Waals surface area contributed by atoms with Crippen molar-refractivity contribution in [1.29, 1.82) is 0 Å². The number of imidazole rings is 1. The molecule has 1 aromatic heterocycles. The largest absolute Gasteiger partial charge is 0.356 e. The standard InChI is InChI=1S/C16H23N3O/c1-16(2,3)15(20)17-11-7-10-14-18-12-8-5-6-9-13(12)19(14)4/h5-6,8-9H,7,10-11H2,1-4H3,(H,17,20). The molecule has 2 rings (SSSR count). The SMILES string of the molecule is Cn1c(CCCNC(=O)C(C)(C)C)nc2ccccc21. The Kier molecular flexibility index (Phi) is 4.12. The minimum Gasteiger partial charge on any atom is -0.356 e. The molecule has 4 nitrogen and oxygen atoms in total. The average Bonchev–Trinajstić information content (AvgIpc) is 2.71. The van der Waals surface area contributed by atoms with Gasteiger partial charge in [-0.15, -0.1) is 0 Å². The zero-order valence-corrected chi connectivity index (χ0v) is 12.7. The van der Waals surface area contributed by atoms with Gasteiger partial charge in [-0.2, -0.15) is 0 Å². The summed E-state index contributed by atoms with van der Waals surface area (Å²) in [5.74, 6) is 1.17. The minimum atomic E-state index is -0.322. The molecule has 20 heavy (non-hydrogen) atoms. The monoisotopic (exact) mass is 273 g/mol. The van der Waals surface area contributed by atoms with Crippen molar-refractivity contribution in [1.82, 2.24) is 14.9 Å². The molecule has 108 valence electrons. The fraction of sp³-hybridized carbons (Fsp3) is 0.500. The minimum absolute atomic E-state index is 0.0995. The van der Waals surface area contributed by atoms with Crippen LogP contribution in [0, 0.1) is 5.41 Å². The Bertz CT molecular complexity index is 608. The third kappa shape index (κ3) is 3.18. The summed E-state index contributed by atoms with van der Waals surface area (Å²) in [6.07, 6.45) is 1.77. The summed E-state index contributed by atoms with van der Waals surface area (Å²) < 4.78 is 2.13. The van der Waals surface area contributed by atoms with Gasteiger partial charge in [0.15, 0.2) is 0 Å². The number of nitrogens with one attached hydrogen (secondary N) is 1. The Hall–Kier alpha value is -1.84. The predicted octanol–water partition coefficient (Wildman–Crippen LogP) is 2.67. The number of benzene rings is 1. The highest BCUT2D eigenvalue weighted by atomic mass is 16.2. The highest BCUT2D eigenvalue weighted by Crippen LogP contribution is 2.15. The van der Waals surface area contributed by atoms with E-state index in [1.165, 1.54) is 0 Å². The first-order valence-corrected chi connectivity index (χ1v) is 7.08. The lowest BCUT2D eigenvalue weighted by molar-refractivity contribution is -0.128. The van der Waals surface area contributed by atoms with Crippen molar-refractivity contribution in [2.75, 3.05) is 6.54 Å². The molecule has 2 aromatic rings. The molecule has 1 amide bonds. The lowest BCUT2D eigenvalue weighted by Gasteiger charge is -2.17. The average molecular weight is 273 g/mol. The molecule has 0 unspecified atom stereocenters. The highest BCUT2D eigenvalue weighted by molar-refractivity contribution is 5.81. The molecule has 0 atom stereocenters. The van der Waals surface area contributed by atoms with E-state index in [0.29, 0.717) is 6.54 Å². The van der Waals surface area contributed by atoms with Gasteiger partial charge < -0.3 is 9.88 Å². The zero-order chi connectivity index (χ0) is 14.8. The van der Waals surface area contributed by atoms with Crippen LogP contribution in [0.2, 0.25) is 0 Å². The van der Waals surface area contributed by atoms with Gasteiger partial charge in [-0.05, 0) is 18.6 Å². The van der Waals surface area contributed by atoms with Crippen LogP contribution in [0.4, 0.5) is 0 Å². The van der Waals surface area contributed by atoms with Crippen LogP contribution in [-0.2, 0) is 18.3 Å². The smallest absolute Gasteiger partial charge is 0.225 e. The Morgan fingerprint density at radius 3 is 2.65 bits per heavy atom. The maximum Gasteiger partial charge on any atom is 0.225 e. The van der Waals surface area contributed by atoms with E-state index in [-0.39, 0.29) is 11.3 Å². The van der Waals surface area contributed by atoms with Crippen LogP contribution in [0.1, 0.15) is 33.0 Å². The summed E-state index contributed by atoms with van der Waals surface area (Å²) in [5, 5.41) is 2.97. The Morgan fingerprint density at radius 2 is 2.00 bits per heavy atom. The Balaban J connectivity index is 1.91. The summed E-state index contributed by atoms with van der Waals surface area (Å²) in [4.78, 5) is 16.4. The second-order valence-corrected chi connectivity index (χ2v) is 6.19. The van der Waals surface area contributed by atoms with E-state index in [1.54, 1.807) is 0 Å². The molecule has 0 aliphatic carbocycles. The Labute approximate surface area is 120 Å². The van der Waals surface area contributed by atoms with Gasteiger partial charge in [-0.1, -0.05) is 32.9 Å². The molecule has 0 radical (unpaired) electrons. The van der Waals surface area contributed by atoms with Crippen molar-refractivity contribution in [3.05, 3.63) is 30.1 Å². The maximum absolute atomic E-state index is 11.8. The van der Waals surface area contributed by atoms with Crippen LogP contribution < -0.4 is 5.32 Å². The molecule has 0 bridgehead atoms. The number of fused-ring (bicyclic) bond motifs is 1. The molecule has 1 aromatic carbocycles. The highest BCUT2D eigenvalue weighted by Gasteiger charge is 2.20. The van der Waals surface area contributed by atoms with Gasteiger partial charge in [0, 0.05) is 25.4 Å². The molecular weight excluding hydrogens is 250 g/mol. The molecule has 0 aliphatic heterocycles. The van der Waals surface area contributed by atoms with E-state index in [2.05, 4.69) is 20.9 Å². The summed E-state index contributed by atoms with van der Waals surface area (Å²) in [6, 6.07) is 8.13. The number of amides is 1. The van der Waals surface area contributed by atoms with E-state index in [0.717, 1.165) is 29.7 Å². The molecule has 0 saturated heterocycles. The molecule has 0 aliphatic rings. The first-order chi connectivity index (χ1) is 9.39. The molecular formula is C16H23N3O. The van der Waals surface area contributed by atoms with E-state index in [9.17, 15) is 4.79 Å². The van der Waals surface area contributed by atoms with Gasteiger partial charge in [-0.3, -0.25) is 4.79 Å². The van der Waals surface area contributed by atoms with Crippen molar-refractivity contribution in [2.45, 2.75) is 33.6 Å². The molecule has 0 fully saturated rings. The molecule has 0 spiro atoms. The number of hydrogen-bond acceptors (Lipinski definition) is 2. The fourth-order valence-electron chi connectivity index (χ4n) is 2.13. The van der Waals surface area contributed by atoms with Crippen molar-refractivity contribution >= 4 is 16.9 Å². The lowest BCUT2D eigenvalue weighted by Crippen LogP contribution is -2.35. The number of aryl methyl sites for hydroxylation is 2. The van der Waals surface area contributed by atoms with E-state index >= 15 is 0 Å². The van der Waals surface area contributed by atoms with Crippen LogP contribution in [0.3, 0.4) is 0 Å². The predicted molar refractivity (Wildman–Crippen MR) is 81.5 cm³/mol. The van der Waals surface area contributed by atoms with Crippen LogP contribution in [0.5, 0.6) is 0 Å².